The highest BCUT2D eigenvalue weighted by molar-refractivity contribution is 5.72. The Balaban J connectivity index is 2.63. The van der Waals surface area contributed by atoms with E-state index in [0.29, 0.717) is 18.9 Å². The molecule has 0 bridgehead atoms. The highest BCUT2D eigenvalue weighted by atomic mass is 16.5. The molecule has 0 saturated carbocycles. The van der Waals surface area contributed by atoms with Crippen molar-refractivity contribution in [3.05, 3.63) is 35.4 Å². The van der Waals surface area contributed by atoms with Crippen molar-refractivity contribution in [2.24, 2.45) is 5.92 Å². The third-order valence-corrected chi connectivity index (χ3v) is 2.41. The summed E-state index contributed by atoms with van der Waals surface area (Å²) in [5.41, 5.74) is 2.14. The molecule has 3 nitrogen and oxygen atoms in total. The Kier molecular flexibility index (Phi) is 5.16. The molecule has 0 radical (unpaired) electrons. The Morgan fingerprint density at radius 1 is 1.41 bits per heavy atom. The smallest absolute Gasteiger partial charge is 0.333 e. The lowest BCUT2D eigenvalue weighted by molar-refractivity contribution is -0.150. The first-order valence-electron chi connectivity index (χ1n) is 5.89. The molecule has 1 atom stereocenters. The van der Waals surface area contributed by atoms with Crippen LogP contribution in [0.25, 0.3) is 0 Å². The second-order valence-corrected chi connectivity index (χ2v) is 4.75. The number of aliphatic carboxylic acids is 1. The molecule has 0 spiro atoms. The van der Waals surface area contributed by atoms with Gasteiger partial charge in [0, 0.05) is 6.42 Å². The Morgan fingerprint density at radius 3 is 2.65 bits per heavy atom. The van der Waals surface area contributed by atoms with E-state index in [1.165, 1.54) is 0 Å². The van der Waals surface area contributed by atoms with E-state index in [0.717, 1.165) is 11.1 Å². The number of benzene rings is 1. The number of aryl methyl sites for hydroxylation is 1. The minimum Gasteiger partial charge on any atom is -0.479 e. The maximum absolute atomic E-state index is 11.1. The zero-order valence-corrected chi connectivity index (χ0v) is 10.6. The van der Waals surface area contributed by atoms with Gasteiger partial charge in [-0.25, -0.2) is 4.79 Å². The predicted molar refractivity (Wildman–Crippen MR) is 67.1 cm³/mol. The third kappa shape index (κ3) is 5.00. The van der Waals surface area contributed by atoms with Crippen LogP contribution in [0.5, 0.6) is 0 Å². The van der Waals surface area contributed by atoms with Crippen LogP contribution in [0.15, 0.2) is 24.3 Å². The van der Waals surface area contributed by atoms with Gasteiger partial charge in [0.05, 0.1) is 6.61 Å². The van der Waals surface area contributed by atoms with Crippen molar-refractivity contribution in [3.8, 4) is 0 Å². The average molecular weight is 236 g/mol. The van der Waals surface area contributed by atoms with Crippen LogP contribution >= 0.6 is 0 Å². The Labute approximate surface area is 102 Å². The lowest BCUT2D eigenvalue weighted by Gasteiger charge is -2.15. The fourth-order valence-corrected chi connectivity index (χ4v) is 1.58. The molecular weight excluding hydrogens is 216 g/mol. The first kappa shape index (κ1) is 13.7. The Bertz CT molecular complexity index is 371. The molecule has 94 valence electrons. The van der Waals surface area contributed by atoms with Crippen LogP contribution in [0.4, 0.5) is 0 Å². The van der Waals surface area contributed by atoms with Gasteiger partial charge in [0.2, 0.25) is 0 Å². The topological polar surface area (TPSA) is 46.5 Å². The minimum absolute atomic E-state index is 0.342. The number of carbonyl (C=O) groups is 1. The zero-order valence-electron chi connectivity index (χ0n) is 10.6. The van der Waals surface area contributed by atoms with Gasteiger partial charge in [-0.05, 0) is 18.4 Å². The van der Waals surface area contributed by atoms with Crippen molar-refractivity contribution in [1.29, 1.82) is 0 Å². The molecule has 1 aromatic rings. The van der Waals surface area contributed by atoms with Gasteiger partial charge in [0.25, 0.3) is 0 Å². The van der Waals surface area contributed by atoms with Gasteiger partial charge in [0.1, 0.15) is 0 Å². The van der Waals surface area contributed by atoms with Crippen LogP contribution in [0.3, 0.4) is 0 Å². The van der Waals surface area contributed by atoms with Crippen molar-refractivity contribution in [2.75, 3.05) is 6.61 Å². The van der Waals surface area contributed by atoms with Crippen molar-refractivity contribution in [2.45, 2.75) is 33.3 Å². The summed E-state index contributed by atoms with van der Waals surface area (Å²) < 4.78 is 5.41. The van der Waals surface area contributed by atoms with Gasteiger partial charge in [-0.1, -0.05) is 43.7 Å². The molecule has 0 fully saturated rings. The summed E-state index contributed by atoms with van der Waals surface area (Å²) in [6, 6.07) is 7.86. The van der Waals surface area contributed by atoms with Crippen molar-refractivity contribution in [1.82, 2.24) is 0 Å². The molecule has 1 aromatic carbocycles. The molecule has 1 rings (SSSR count). The normalized spacial score (nSPS) is 12.7. The highest BCUT2D eigenvalue weighted by Gasteiger charge is 2.19. The fourth-order valence-electron chi connectivity index (χ4n) is 1.58. The van der Waals surface area contributed by atoms with E-state index >= 15 is 0 Å². The lowest BCUT2D eigenvalue weighted by Crippen LogP contribution is -2.28. The summed E-state index contributed by atoms with van der Waals surface area (Å²) in [7, 11) is 0. The second-order valence-electron chi connectivity index (χ2n) is 4.75. The number of ether oxygens (including phenoxy) is 1. The fraction of sp³-hybridized carbons (Fsp3) is 0.500. The summed E-state index contributed by atoms with van der Waals surface area (Å²) >= 11 is 0. The SMILES string of the molecule is Cc1cccc(CC(OCC(C)C)C(=O)O)c1. The Morgan fingerprint density at radius 2 is 2.12 bits per heavy atom. The van der Waals surface area contributed by atoms with E-state index in [2.05, 4.69) is 0 Å². The van der Waals surface area contributed by atoms with E-state index in [-0.39, 0.29) is 0 Å². The first-order valence-corrected chi connectivity index (χ1v) is 5.89. The standard InChI is InChI=1S/C14H20O3/c1-10(2)9-17-13(14(15)16)8-12-6-4-5-11(3)7-12/h4-7,10,13H,8-9H2,1-3H3,(H,15,16). The van der Waals surface area contributed by atoms with Crippen LogP contribution in [-0.2, 0) is 16.0 Å². The van der Waals surface area contributed by atoms with Crippen LogP contribution < -0.4 is 0 Å². The van der Waals surface area contributed by atoms with Gasteiger partial charge in [0.15, 0.2) is 6.10 Å². The molecular formula is C14H20O3. The van der Waals surface area contributed by atoms with Crippen LogP contribution in [0.1, 0.15) is 25.0 Å². The molecule has 0 amide bonds. The zero-order chi connectivity index (χ0) is 12.8. The first-order chi connectivity index (χ1) is 7.99. The third-order valence-electron chi connectivity index (χ3n) is 2.41. The molecule has 3 heteroatoms. The van der Waals surface area contributed by atoms with Gasteiger partial charge < -0.3 is 9.84 Å². The largest absolute Gasteiger partial charge is 0.479 e. The van der Waals surface area contributed by atoms with Gasteiger partial charge in [-0.15, -0.1) is 0 Å². The van der Waals surface area contributed by atoms with Crippen LogP contribution in [0.2, 0.25) is 0 Å². The second kappa shape index (κ2) is 6.40. The molecule has 0 aromatic heterocycles. The van der Waals surface area contributed by atoms with Crippen molar-refractivity contribution >= 4 is 5.97 Å². The van der Waals surface area contributed by atoms with E-state index < -0.39 is 12.1 Å². The van der Waals surface area contributed by atoms with Crippen LogP contribution in [-0.4, -0.2) is 23.8 Å². The van der Waals surface area contributed by atoms with E-state index in [1.807, 2.05) is 45.0 Å². The summed E-state index contributed by atoms with van der Waals surface area (Å²) in [6.07, 6.45) is -0.330. The van der Waals surface area contributed by atoms with Crippen LogP contribution in [0, 0.1) is 12.8 Å². The van der Waals surface area contributed by atoms with Gasteiger partial charge in [-0.3, -0.25) is 0 Å². The quantitative estimate of drug-likeness (QED) is 0.826. The number of carboxylic acid groups (broad SMARTS) is 1. The molecule has 1 N–H and O–H groups in total. The lowest BCUT2D eigenvalue weighted by atomic mass is 10.1. The summed E-state index contributed by atoms with van der Waals surface area (Å²) in [5, 5.41) is 9.09. The van der Waals surface area contributed by atoms with Gasteiger partial charge in [-0.2, -0.15) is 0 Å². The maximum Gasteiger partial charge on any atom is 0.333 e. The predicted octanol–water partition coefficient (Wildman–Crippen LogP) is 2.66. The molecule has 0 saturated heterocycles. The summed E-state index contributed by atoms with van der Waals surface area (Å²) in [6.45, 7) is 6.48. The molecule has 0 aliphatic heterocycles. The van der Waals surface area contributed by atoms with E-state index in [1.54, 1.807) is 0 Å². The molecule has 0 aliphatic rings. The monoisotopic (exact) mass is 236 g/mol. The average Bonchev–Trinajstić information content (AvgIpc) is 2.23. The van der Waals surface area contributed by atoms with Crippen molar-refractivity contribution in [3.63, 3.8) is 0 Å². The van der Waals surface area contributed by atoms with Crippen molar-refractivity contribution < 1.29 is 14.6 Å². The number of hydrogen-bond donors (Lipinski definition) is 1. The molecule has 0 aliphatic carbocycles. The molecule has 1 unspecified atom stereocenters. The summed E-state index contributed by atoms with van der Waals surface area (Å²) in [4.78, 5) is 11.1. The molecule has 0 heterocycles. The van der Waals surface area contributed by atoms with E-state index in [9.17, 15) is 4.79 Å². The number of hydrogen-bond acceptors (Lipinski definition) is 2. The number of rotatable bonds is 6. The highest BCUT2D eigenvalue weighted by Crippen LogP contribution is 2.10. The summed E-state index contributed by atoms with van der Waals surface area (Å²) in [5.74, 6) is -0.554. The number of carboxylic acids is 1. The maximum atomic E-state index is 11.1. The molecule has 17 heavy (non-hydrogen) atoms. The van der Waals surface area contributed by atoms with Gasteiger partial charge >= 0.3 is 5.97 Å². The minimum atomic E-state index is -0.896. The Hall–Kier alpha value is -1.35. The van der Waals surface area contributed by atoms with E-state index in [4.69, 9.17) is 9.84 Å².